The predicted molar refractivity (Wildman–Crippen MR) is 125 cm³/mol. The molecule has 0 bridgehead atoms. The molecule has 9 nitrogen and oxygen atoms in total. The Balaban J connectivity index is 1.49. The fraction of sp³-hybridized carbons (Fsp3) is 0.409. The minimum Gasteiger partial charge on any atom is -0.354 e. The van der Waals surface area contributed by atoms with Gasteiger partial charge in [0.1, 0.15) is 17.6 Å². The molecule has 1 fully saturated rings. The number of halogens is 2. The number of aromatic nitrogens is 3. The van der Waals surface area contributed by atoms with Gasteiger partial charge < -0.3 is 15.5 Å². The number of thiazole rings is 1. The Morgan fingerprint density at radius 2 is 2.06 bits per heavy atom. The maximum absolute atomic E-state index is 13.4. The van der Waals surface area contributed by atoms with E-state index < -0.39 is 23.1 Å². The number of nitrogens with zero attached hydrogens (tertiary/aromatic N) is 4. The molecular weight excluding hydrogens is 466 g/mol. The average molecular weight is 491 g/mol. The lowest BCUT2D eigenvalue weighted by Gasteiger charge is -2.32. The van der Waals surface area contributed by atoms with Crippen LogP contribution in [0, 0.1) is 17.6 Å². The largest absolute Gasteiger partial charge is 0.354 e. The fourth-order valence-electron chi connectivity index (χ4n) is 3.78. The number of anilines is 2. The van der Waals surface area contributed by atoms with E-state index in [9.17, 15) is 23.2 Å². The third-order valence-electron chi connectivity index (χ3n) is 5.38. The van der Waals surface area contributed by atoms with Gasteiger partial charge >= 0.3 is 0 Å². The average Bonchev–Trinajstić information content (AvgIpc) is 3.23. The molecule has 0 radical (unpaired) electrons. The molecular formula is C22H24F2N6O3S. The standard InChI is InChI=1S/C22H24F2N6O3S/c1-12(2)26-20(32)13-4-3-7-29(9-13)22-28-19-18(34-22)21(33)30(11-25-19)10-17(31)27-14-5-6-15(23)16(24)8-14/h5-6,8,11-13H,3-4,7,9-10H2,1-2H3,(H,26,32)(H,27,31). The zero-order valence-electron chi connectivity index (χ0n) is 18.7. The van der Waals surface area contributed by atoms with Crippen molar-refractivity contribution in [1.82, 2.24) is 19.9 Å². The van der Waals surface area contributed by atoms with E-state index in [1.165, 1.54) is 23.7 Å². The summed E-state index contributed by atoms with van der Waals surface area (Å²) in [4.78, 5) is 48.3. The van der Waals surface area contributed by atoms with Gasteiger partial charge in [0, 0.05) is 30.9 Å². The SMILES string of the molecule is CC(C)NC(=O)C1CCCN(c2nc3ncn(CC(=O)Nc4ccc(F)c(F)c4)c(=O)c3s2)C1. The van der Waals surface area contributed by atoms with Crippen molar-refractivity contribution in [2.45, 2.75) is 39.3 Å². The van der Waals surface area contributed by atoms with E-state index in [0.717, 1.165) is 36.1 Å². The van der Waals surface area contributed by atoms with Crippen molar-refractivity contribution in [3.05, 3.63) is 46.5 Å². The second kappa shape index (κ2) is 9.84. The topological polar surface area (TPSA) is 109 Å². The van der Waals surface area contributed by atoms with Gasteiger partial charge in [-0.15, -0.1) is 0 Å². The lowest BCUT2D eigenvalue weighted by molar-refractivity contribution is -0.125. The molecule has 1 saturated heterocycles. The first-order valence-electron chi connectivity index (χ1n) is 10.9. The molecule has 2 aromatic heterocycles. The third kappa shape index (κ3) is 5.22. The van der Waals surface area contributed by atoms with E-state index in [1.54, 1.807) is 0 Å². The molecule has 2 N–H and O–H groups in total. The molecule has 3 aromatic rings. The van der Waals surface area contributed by atoms with Crippen molar-refractivity contribution in [1.29, 1.82) is 0 Å². The van der Waals surface area contributed by atoms with Gasteiger partial charge in [-0.25, -0.2) is 13.8 Å². The second-order valence-electron chi connectivity index (χ2n) is 8.45. The molecule has 34 heavy (non-hydrogen) atoms. The van der Waals surface area contributed by atoms with E-state index in [0.29, 0.717) is 16.4 Å². The van der Waals surface area contributed by atoms with Crippen LogP contribution < -0.4 is 21.1 Å². The maximum atomic E-state index is 13.4. The van der Waals surface area contributed by atoms with Gasteiger partial charge in [-0.3, -0.25) is 19.0 Å². The molecule has 1 aliphatic rings. The smallest absolute Gasteiger partial charge is 0.273 e. The van der Waals surface area contributed by atoms with Crippen LogP contribution in [0.3, 0.4) is 0 Å². The zero-order valence-corrected chi connectivity index (χ0v) is 19.5. The Hall–Kier alpha value is -3.41. The summed E-state index contributed by atoms with van der Waals surface area (Å²) in [5, 5.41) is 5.97. The molecule has 12 heteroatoms. The molecule has 0 spiro atoms. The first kappa shape index (κ1) is 23.7. The number of fused-ring (bicyclic) bond motifs is 1. The molecule has 1 aliphatic heterocycles. The molecule has 1 unspecified atom stereocenters. The Morgan fingerprint density at radius 3 is 2.79 bits per heavy atom. The highest BCUT2D eigenvalue weighted by Crippen LogP contribution is 2.29. The van der Waals surface area contributed by atoms with Crippen LogP contribution in [0.2, 0.25) is 0 Å². The number of rotatable bonds is 6. The normalized spacial score (nSPS) is 16.1. The van der Waals surface area contributed by atoms with Crippen LogP contribution in [0.4, 0.5) is 19.6 Å². The molecule has 1 aromatic carbocycles. The number of piperidine rings is 1. The van der Waals surface area contributed by atoms with Crippen molar-refractivity contribution in [2.24, 2.45) is 5.92 Å². The summed E-state index contributed by atoms with van der Waals surface area (Å²) < 4.78 is 27.8. The molecule has 2 amide bonds. The minimum absolute atomic E-state index is 0.00772. The van der Waals surface area contributed by atoms with Crippen LogP contribution in [0.1, 0.15) is 26.7 Å². The highest BCUT2D eigenvalue weighted by atomic mass is 32.1. The molecule has 4 rings (SSSR count). The molecule has 0 aliphatic carbocycles. The number of amides is 2. The Morgan fingerprint density at radius 1 is 1.26 bits per heavy atom. The maximum Gasteiger partial charge on any atom is 0.273 e. The Bertz CT molecular complexity index is 1290. The van der Waals surface area contributed by atoms with E-state index in [-0.39, 0.29) is 35.7 Å². The van der Waals surface area contributed by atoms with Crippen LogP contribution in [0.15, 0.2) is 29.3 Å². The molecule has 0 saturated carbocycles. The van der Waals surface area contributed by atoms with Crippen molar-refractivity contribution >= 4 is 44.3 Å². The van der Waals surface area contributed by atoms with Gasteiger partial charge in [-0.1, -0.05) is 11.3 Å². The number of benzene rings is 1. The van der Waals surface area contributed by atoms with Gasteiger partial charge in [-0.2, -0.15) is 4.98 Å². The highest BCUT2D eigenvalue weighted by Gasteiger charge is 2.28. The van der Waals surface area contributed by atoms with E-state index >= 15 is 0 Å². The summed E-state index contributed by atoms with van der Waals surface area (Å²) in [5.41, 5.74) is -0.0801. The van der Waals surface area contributed by atoms with Gasteiger partial charge in [0.25, 0.3) is 5.56 Å². The quantitative estimate of drug-likeness (QED) is 0.550. The van der Waals surface area contributed by atoms with E-state index in [1.807, 2.05) is 18.7 Å². The number of hydrogen-bond donors (Lipinski definition) is 2. The van der Waals surface area contributed by atoms with Crippen molar-refractivity contribution in [3.8, 4) is 0 Å². The lowest BCUT2D eigenvalue weighted by Crippen LogP contribution is -2.44. The second-order valence-corrected chi connectivity index (χ2v) is 9.43. The minimum atomic E-state index is -1.09. The van der Waals surface area contributed by atoms with E-state index in [2.05, 4.69) is 20.6 Å². The summed E-state index contributed by atoms with van der Waals surface area (Å²) in [6, 6.07) is 3.05. The predicted octanol–water partition coefficient (Wildman–Crippen LogP) is 2.51. The van der Waals surface area contributed by atoms with Gasteiger partial charge in [0.2, 0.25) is 11.8 Å². The van der Waals surface area contributed by atoms with Crippen molar-refractivity contribution < 1.29 is 18.4 Å². The molecule has 1 atom stereocenters. The van der Waals surface area contributed by atoms with Gasteiger partial charge in [0.15, 0.2) is 22.4 Å². The van der Waals surface area contributed by atoms with Crippen molar-refractivity contribution in [3.63, 3.8) is 0 Å². The number of hydrogen-bond acceptors (Lipinski definition) is 7. The van der Waals surface area contributed by atoms with Crippen LogP contribution in [-0.2, 0) is 16.1 Å². The van der Waals surface area contributed by atoms with E-state index in [4.69, 9.17) is 0 Å². The summed E-state index contributed by atoms with van der Waals surface area (Å²) in [6.45, 7) is 4.70. The monoisotopic (exact) mass is 490 g/mol. The van der Waals surface area contributed by atoms with Crippen LogP contribution in [0.25, 0.3) is 10.3 Å². The summed E-state index contributed by atoms with van der Waals surface area (Å²) in [7, 11) is 0. The van der Waals surface area contributed by atoms with Gasteiger partial charge in [0.05, 0.1) is 5.92 Å². The first-order valence-corrected chi connectivity index (χ1v) is 11.7. The number of carbonyl (C=O) groups excluding carboxylic acids is 2. The summed E-state index contributed by atoms with van der Waals surface area (Å²) in [5.74, 6) is -2.85. The molecule has 3 heterocycles. The third-order valence-corrected chi connectivity index (χ3v) is 6.48. The molecule has 180 valence electrons. The number of nitrogens with one attached hydrogen (secondary N) is 2. The van der Waals surface area contributed by atoms with Gasteiger partial charge in [-0.05, 0) is 38.8 Å². The van der Waals surface area contributed by atoms with Crippen LogP contribution in [0.5, 0.6) is 0 Å². The number of carbonyl (C=O) groups is 2. The summed E-state index contributed by atoms with van der Waals surface area (Å²) in [6.07, 6.45) is 2.85. The van der Waals surface area contributed by atoms with Crippen molar-refractivity contribution in [2.75, 3.05) is 23.3 Å². The fourth-order valence-corrected chi connectivity index (χ4v) is 4.78. The van der Waals surface area contributed by atoms with Crippen LogP contribution >= 0.6 is 11.3 Å². The Labute approximate surface area is 197 Å². The summed E-state index contributed by atoms with van der Waals surface area (Å²) >= 11 is 1.17. The first-order chi connectivity index (χ1) is 16.2. The zero-order chi connectivity index (χ0) is 24.4. The van der Waals surface area contributed by atoms with Crippen LogP contribution in [-0.4, -0.2) is 45.5 Å². The Kier molecular flexibility index (Phi) is 6.87. The highest BCUT2D eigenvalue weighted by molar-refractivity contribution is 7.22. The lowest BCUT2D eigenvalue weighted by atomic mass is 9.97.